The molecule has 0 fully saturated rings. The fourth-order valence-electron chi connectivity index (χ4n) is 3.80. The van der Waals surface area contributed by atoms with Crippen LogP contribution in [-0.4, -0.2) is 26.6 Å². The number of nitrogens with two attached hydrogens (primary N) is 1. The van der Waals surface area contributed by atoms with Crippen LogP contribution in [-0.2, 0) is 11.2 Å². The molecule has 0 radical (unpaired) electrons. The molecule has 4 heteroatoms. The molecule has 0 aliphatic heterocycles. The Balaban J connectivity index is 1.85. The van der Waals surface area contributed by atoms with Crippen LogP contribution in [0.1, 0.15) is 18.1 Å². The zero-order valence-corrected chi connectivity index (χ0v) is 17.3. The highest BCUT2D eigenvalue weighted by atomic mass is 16.7. The lowest BCUT2D eigenvalue weighted by Gasteiger charge is -2.18. The molecule has 4 nitrogen and oxygen atoms in total. The van der Waals surface area contributed by atoms with Gasteiger partial charge in [-0.2, -0.15) is 0 Å². The summed E-state index contributed by atoms with van der Waals surface area (Å²) >= 11 is 0. The first-order valence-electron chi connectivity index (χ1n) is 10.4. The summed E-state index contributed by atoms with van der Waals surface area (Å²) in [6.45, 7) is 3.76. The maximum Gasteiger partial charge on any atom is 0.189 e. The van der Waals surface area contributed by atoms with E-state index in [0.29, 0.717) is 26.2 Å². The smallest absolute Gasteiger partial charge is 0.189 e. The molecule has 0 bridgehead atoms. The predicted octanol–water partition coefficient (Wildman–Crippen LogP) is 5.29. The van der Waals surface area contributed by atoms with Crippen LogP contribution in [0, 0.1) is 0 Å². The third-order valence-corrected chi connectivity index (χ3v) is 5.23. The monoisotopic (exact) mass is 401 g/mol. The Morgan fingerprint density at radius 3 is 1.83 bits per heavy atom. The van der Waals surface area contributed by atoms with E-state index in [2.05, 4.69) is 60.7 Å². The summed E-state index contributed by atoms with van der Waals surface area (Å²) in [4.78, 5) is 0. The van der Waals surface area contributed by atoms with Crippen molar-refractivity contribution in [2.75, 3.05) is 26.6 Å². The second kappa shape index (κ2) is 9.61. The van der Waals surface area contributed by atoms with Crippen LogP contribution in [0.3, 0.4) is 0 Å². The molecule has 2 N–H and O–H groups in total. The fourth-order valence-corrected chi connectivity index (χ4v) is 3.80. The van der Waals surface area contributed by atoms with Crippen molar-refractivity contribution in [1.82, 2.24) is 0 Å². The minimum Gasteiger partial charge on any atom is -0.492 e. The first kappa shape index (κ1) is 20.2. The van der Waals surface area contributed by atoms with E-state index in [-0.39, 0.29) is 6.79 Å². The summed E-state index contributed by atoms with van der Waals surface area (Å²) in [5, 5.41) is 4.71. The van der Waals surface area contributed by atoms with Crippen molar-refractivity contribution in [3.63, 3.8) is 0 Å². The van der Waals surface area contributed by atoms with E-state index in [1.54, 1.807) is 0 Å². The predicted molar refractivity (Wildman–Crippen MR) is 122 cm³/mol. The van der Waals surface area contributed by atoms with Crippen molar-refractivity contribution in [3.05, 3.63) is 83.9 Å². The number of ether oxygens (including phenoxy) is 3. The van der Waals surface area contributed by atoms with Gasteiger partial charge in [-0.15, -0.1) is 0 Å². The van der Waals surface area contributed by atoms with Crippen LogP contribution < -0.4 is 15.2 Å². The average Bonchev–Trinajstić information content (AvgIpc) is 2.79. The van der Waals surface area contributed by atoms with Gasteiger partial charge in [-0.3, -0.25) is 0 Å². The first-order chi connectivity index (χ1) is 14.8. The topological polar surface area (TPSA) is 53.7 Å². The molecule has 0 aliphatic carbocycles. The van der Waals surface area contributed by atoms with E-state index in [9.17, 15) is 0 Å². The highest BCUT2D eigenvalue weighted by molar-refractivity contribution is 5.91. The van der Waals surface area contributed by atoms with Crippen LogP contribution in [0.2, 0.25) is 0 Å². The maximum absolute atomic E-state index is 6.03. The van der Waals surface area contributed by atoms with E-state index in [1.807, 2.05) is 19.1 Å². The SMILES string of the molecule is CCOCOc1ccc2ccccc2c1Cc1c(OCCN)ccc2ccccc12. The molecule has 0 amide bonds. The maximum atomic E-state index is 6.03. The van der Waals surface area contributed by atoms with Gasteiger partial charge in [0.2, 0.25) is 0 Å². The minimum atomic E-state index is 0.230. The van der Waals surface area contributed by atoms with Gasteiger partial charge in [0.1, 0.15) is 18.1 Å². The Morgan fingerprint density at radius 1 is 0.700 bits per heavy atom. The molecule has 0 spiro atoms. The average molecular weight is 402 g/mol. The zero-order valence-electron chi connectivity index (χ0n) is 17.3. The van der Waals surface area contributed by atoms with E-state index >= 15 is 0 Å². The summed E-state index contributed by atoms with van der Waals surface area (Å²) in [5.74, 6) is 1.70. The highest BCUT2D eigenvalue weighted by Gasteiger charge is 2.15. The van der Waals surface area contributed by atoms with E-state index < -0.39 is 0 Å². The minimum absolute atomic E-state index is 0.230. The van der Waals surface area contributed by atoms with Gasteiger partial charge in [0.05, 0.1) is 0 Å². The number of hydrogen-bond acceptors (Lipinski definition) is 4. The molecular weight excluding hydrogens is 374 g/mol. The first-order valence-corrected chi connectivity index (χ1v) is 10.4. The molecule has 0 saturated heterocycles. The van der Waals surface area contributed by atoms with Gasteiger partial charge < -0.3 is 19.9 Å². The second-order valence-corrected chi connectivity index (χ2v) is 7.10. The normalized spacial score (nSPS) is 11.1. The quantitative estimate of drug-likeness (QED) is 0.306. The molecule has 0 aromatic heterocycles. The number of rotatable bonds is 9. The third kappa shape index (κ3) is 4.25. The summed E-state index contributed by atoms with van der Waals surface area (Å²) in [6.07, 6.45) is 0.685. The van der Waals surface area contributed by atoms with Crippen LogP contribution in [0.25, 0.3) is 21.5 Å². The molecule has 0 aliphatic rings. The van der Waals surface area contributed by atoms with Gasteiger partial charge in [-0.05, 0) is 40.6 Å². The molecule has 0 saturated carbocycles. The molecule has 154 valence electrons. The fraction of sp³-hybridized carbons (Fsp3) is 0.231. The van der Waals surface area contributed by atoms with Crippen molar-refractivity contribution < 1.29 is 14.2 Å². The van der Waals surface area contributed by atoms with Crippen molar-refractivity contribution in [3.8, 4) is 11.5 Å². The summed E-state index contributed by atoms with van der Waals surface area (Å²) in [6, 6.07) is 25.0. The molecule has 4 aromatic carbocycles. The third-order valence-electron chi connectivity index (χ3n) is 5.23. The van der Waals surface area contributed by atoms with Crippen LogP contribution in [0.5, 0.6) is 11.5 Å². The van der Waals surface area contributed by atoms with Crippen molar-refractivity contribution in [2.45, 2.75) is 13.3 Å². The van der Waals surface area contributed by atoms with Crippen molar-refractivity contribution in [2.24, 2.45) is 5.73 Å². The second-order valence-electron chi connectivity index (χ2n) is 7.10. The molecule has 4 aromatic rings. The number of fused-ring (bicyclic) bond motifs is 2. The van der Waals surface area contributed by atoms with Crippen LogP contribution in [0.4, 0.5) is 0 Å². The number of hydrogen-bond donors (Lipinski definition) is 1. The molecule has 0 atom stereocenters. The zero-order chi connectivity index (χ0) is 20.8. The largest absolute Gasteiger partial charge is 0.492 e. The Bertz CT molecular complexity index is 1140. The van der Waals surface area contributed by atoms with Gasteiger partial charge in [0.25, 0.3) is 0 Å². The molecule has 0 heterocycles. The van der Waals surface area contributed by atoms with Crippen LogP contribution >= 0.6 is 0 Å². The van der Waals surface area contributed by atoms with E-state index in [1.165, 1.54) is 21.5 Å². The highest BCUT2D eigenvalue weighted by Crippen LogP contribution is 2.36. The summed E-state index contributed by atoms with van der Waals surface area (Å²) in [7, 11) is 0. The van der Waals surface area contributed by atoms with E-state index in [4.69, 9.17) is 19.9 Å². The Kier molecular flexibility index (Phi) is 6.47. The lowest BCUT2D eigenvalue weighted by Crippen LogP contribution is -2.12. The van der Waals surface area contributed by atoms with Gasteiger partial charge in [0.15, 0.2) is 6.79 Å². The summed E-state index contributed by atoms with van der Waals surface area (Å²) < 4.78 is 17.5. The van der Waals surface area contributed by atoms with E-state index in [0.717, 1.165) is 22.6 Å². The Morgan fingerprint density at radius 2 is 1.27 bits per heavy atom. The molecule has 30 heavy (non-hydrogen) atoms. The Hall–Kier alpha value is -3.08. The lowest BCUT2D eigenvalue weighted by atomic mass is 9.93. The van der Waals surface area contributed by atoms with Gasteiger partial charge in [-0.1, -0.05) is 60.7 Å². The van der Waals surface area contributed by atoms with Gasteiger partial charge in [0, 0.05) is 30.7 Å². The van der Waals surface area contributed by atoms with Crippen LogP contribution in [0.15, 0.2) is 72.8 Å². The molecular formula is C26H27NO3. The summed E-state index contributed by atoms with van der Waals surface area (Å²) in [5.41, 5.74) is 7.96. The van der Waals surface area contributed by atoms with Gasteiger partial charge >= 0.3 is 0 Å². The van der Waals surface area contributed by atoms with Crippen molar-refractivity contribution in [1.29, 1.82) is 0 Å². The Labute approximate surface area is 177 Å². The van der Waals surface area contributed by atoms with Gasteiger partial charge in [-0.25, -0.2) is 0 Å². The lowest BCUT2D eigenvalue weighted by molar-refractivity contribution is 0.0220. The molecule has 4 rings (SSSR count). The number of benzene rings is 4. The van der Waals surface area contributed by atoms with Crippen molar-refractivity contribution >= 4 is 21.5 Å². The molecule has 0 unspecified atom stereocenters. The standard InChI is InChI=1S/C26H27NO3/c1-2-28-18-30-26-14-12-20-8-4-6-10-22(20)24(26)17-23-21-9-5-3-7-19(21)11-13-25(23)29-16-15-27/h3-14H,2,15-18,27H2,1H3.